The summed E-state index contributed by atoms with van der Waals surface area (Å²) in [7, 11) is 0. The molecule has 0 N–H and O–H groups in total. The van der Waals surface area contributed by atoms with Gasteiger partial charge in [0.1, 0.15) is 0 Å². The van der Waals surface area contributed by atoms with Gasteiger partial charge in [-0.25, -0.2) is 0 Å². The Morgan fingerprint density at radius 2 is 0.696 bits per heavy atom. The summed E-state index contributed by atoms with van der Waals surface area (Å²) in [6.07, 6.45) is 0. The number of fused-ring (bicyclic) bond motifs is 4. The van der Waals surface area contributed by atoms with Gasteiger partial charge in [0.15, 0.2) is 23.0 Å². The highest BCUT2D eigenvalue weighted by Gasteiger charge is 2.34. The second-order valence-electron chi connectivity index (χ2n) is 14.9. The first-order valence-corrected chi connectivity index (χ1v) is 18.7. The fourth-order valence-corrected chi connectivity index (χ4v) is 8.00. The van der Waals surface area contributed by atoms with Crippen LogP contribution in [-0.4, -0.2) is 0 Å². The molecule has 7 aromatic rings. The van der Waals surface area contributed by atoms with Gasteiger partial charge in [-0.05, 0) is 159 Å². The van der Waals surface area contributed by atoms with E-state index in [9.17, 15) is 10.5 Å². The summed E-state index contributed by atoms with van der Waals surface area (Å²) >= 11 is 0. The maximum Gasteiger partial charge on any atom is 0.151 e. The normalized spacial score (nSPS) is 12.3. The molecule has 0 saturated carbocycles. The number of hydrogen-bond donors (Lipinski definition) is 0. The van der Waals surface area contributed by atoms with E-state index in [1.54, 1.807) is 0 Å². The first-order valence-electron chi connectivity index (χ1n) is 18.7. The minimum atomic E-state index is 0.623. The Labute approximate surface area is 327 Å². The second kappa shape index (κ2) is 13.2. The molecule has 0 atom stereocenters. The van der Waals surface area contributed by atoms with E-state index >= 15 is 0 Å². The molecule has 0 unspecified atom stereocenters. The van der Waals surface area contributed by atoms with Gasteiger partial charge in [0.2, 0.25) is 0 Å². The highest BCUT2D eigenvalue weighted by atomic mass is 16.5. The molecule has 6 nitrogen and oxygen atoms in total. The lowest BCUT2D eigenvalue weighted by Crippen LogP contribution is -2.20. The number of anilines is 6. The van der Waals surface area contributed by atoms with Gasteiger partial charge < -0.3 is 19.3 Å². The van der Waals surface area contributed by atoms with Crippen LogP contribution in [0.2, 0.25) is 0 Å². The van der Waals surface area contributed by atoms with E-state index in [2.05, 4.69) is 135 Å². The van der Waals surface area contributed by atoms with Crippen LogP contribution >= 0.6 is 0 Å². The molecule has 0 fully saturated rings. The summed E-state index contributed by atoms with van der Waals surface area (Å²) in [6.45, 7) is 12.4. The summed E-state index contributed by atoms with van der Waals surface area (Å²) in [5, 5.41) is 20.1. The standard InChI is InChI=1S/C50H38N4O2/c1-29-7-17-45-41(21-29)53(42-22-30(2)8-18-46(42)55-45)39-15-16-40(54-43-23-31(3)9-19-47(43)56-48-20-10-32(4)24-44(48)54)50(36-12-14-38(28-52)34(6)26-36)49(39)35-11-13-37(27-51)33(5)25-35/h7-26H,1-6H3. The predicted molar refractivity (Wildman–Crippen MR) is 225 cm³/mol. The van der Waals surface area contributed by atoms with Crippen molar-refractivity contribution in [1.82, 2.24) is 0 Å². The van der Waals surface area contributed by atoms with Crippen molar-refractivity contribution in [3.05, 3.63) is 166 Å². The summed E-state index contributed by atoms with van der Waals surface area (Å²) < 4.78 is 13.2. The zero-order chi connectivity index (χ0) is 38.8. The molecule has 2 heterocycles. The number of aryl methyl sites for hydroxylation is 6. The fourth-order valence-electron chi connectivity index (χ4n) is 8.00. The molecule has 0 aliphatic carbocycles. The van der Waals surface area contributed by atoms with Gasteiger partial charge in [0.05, 0.1) is 57.4 Å². The summed E-state index contributed by atoms with van der Waals surface area (Å²) in [4.78, 5) is 4.63. The average molecular weight is 727 g/mol. The molecule has 56 heavy (non-hydrogen) atoms. The van der Waals surface area contributed by atoms with Gasteiger partial charge in [-0.15, -0.1) is 0 Å². The van der Waals surface area contributed by atoms with Crippen LogP contribution in [-0.2, 0) is 0 Å². The SMILES string of the molecule is Cc1ccc2c(c1)N(c1ccc(N3c4cc(C)ccc4Oc4ccc(C)cc43)c(-c3ccc(C#N)c(C)c3)c1-c1ccc(C#N)c(C)c1)c1cc(C)ccc1O2. The molecule has 2 aliphatic rings. The minimum absolute atomic E-state index is 0.623. The molecular formula is C50H38N4O2. The molecule has 0 amide bonds. The first kappa shape index (κ1) is 34.5. The van der Waals surface area contributed by atoms with Crippen LogP contribution in [0.4, 0.5) is 34.1 Å². The van der Waals surface area contributed by atoms with Gasteiger partial charge in [0.25, 0.3) is 0 Å². The highest BCUT2D eigenvalue weighted by molar-refractivity contribution is 6.06. The van der Waals surface area contributed by atoms with Crippen LogP contribution < -0.4 is 19.3 Å². The summed E-state index contributed by atoms with van der Waals surface area (Å²) in [6, 6.07) is 46.5. The Morgan fingerprint density at radius 3 is 0.982 bits per heavy atom. The Morgan fingerprint density at radius 1 is 0.375 bits per heavy atom. The van der Waals surface area contributed by atoms with Crippen molar-refractivity contribution in [1.29, 1.82) is 10.5 Å². The lowest BCUT2D eigenvalue weighted by Gasteiger charge is -2.38. The fraction of sp³-hybridized carbons (Fsp3) is 0.120. The zero-order valence-corrected chi connectivity index (χ0v) is 32.2. The Bertz CT molecular complexity index is 2580. The van der Waals surface area contributed by atoms with Crippen molar-refractivity contribution in [2.75, 3.05) is 9.80 Å². The van der Waals surface area contributed by atoms with Crippen LogP contribution in [0, 0.1) is 64.2 Å². The molecule has 0 saturated heterocycles. The van der Waals surface area contributed by atoms with Crippen LogP contribution in [0.25, 0.3) is 22.3 Å². The van der Waals surface area contributed by atoms with E-state index in [0.717, 1.165) is 113 Å². The molecule has 0 radical (unpaired) electrons. The van der Waals surface area contributed by atoms with Gasteiger partial charge in [0, 0.05) is 11.1 Å². The minimum Gasteiger partial charge on any atom is -0.453 e. The number of rotatable bonds is 4. The molecule has 7 aromatic carbocycles. The van der Waals surface area contributed by atoms with Crippen molar-refractivity contribution in [2.45, 2.75) is 41.5 Å². The molecule has 6 heteroatoms. The van der Waals surface area contributed by atoms with Crippen LogP contribution in [0.15, 0.2) is 121 Å². The van der Waals surface area contributed by atoms with E-state index in [-0.39, 0.29) is 0 Å². The Balaban J connectivity index is 1.46. The first-order chi connectivity index (χ1) is 27.1. The second-order valence-corrected chi connectivity index (χ2v) is 14.9. The van der Waals surface area contributed by atoms with Crippen molar-refractivity contribution in [2.24, 2.45) is 0 Å². The Hall–Kier alpha value is -7.28. The van der Waals surface area contributed by atoms with E-state index in [4.69, 9.17) is 9.47 Å². The number of nitrogens with zero attached hydrogens (tertiary/aromatic N) is 4. The summed E-state index contributed by atoms with van der Waals surface area (Å²) in [5.74, 6) is 3.04. The third kappa shape index (κ3) is 5.63. The lowest BCUT2D eigenvalue weighted by molar-refractivity contribution is 0.476. The molecule has 270 valence electrons. The van der Waals surface area contributed by atoms with Gasteiger partial charge in [-0.1, -0.05) is 48.5 Å². The van der Waals surface area contributed by atoms with Crippen LogP contribution in [0.1, 0.15) is 44.5 Å². The maximum atomic E-state index is 10.0. The lowest BCUT2D eigenvalue weighted by atomic mass is 9.87. The quantitative estimate of drug-likeness (QED) is 0.180. The van der Waals surface area contributed by atoms with Crippen LogP contribution in [0.3, 0.4) is 0 Å². The molecule has 2 aliphatic heterocycles. The molecule has 0 aromatic heterocycles. The maximum absolute atomic E-state index is 10.0. The van der Waals surface area contributed by atoms with Crippen LogP contribution in [0.5, 0.6) is 23.0 Å². The van der Waals surface area contributed by atoms with Crippen molar-refractivity contribution >= 4 is 34.1 Å². The summed E-state index contributed by atoms with van der Waals surface area (Å²) in [5.41, 5.74) is 16.9. The molecule has 0 bridgehead atoms. The van der Waals surface area contributed by atoms with E-state index in [1.807, 2.05) is 50.2 Å². The Kier molecular flexibility index (Phi) is 8.15. The van der Waals surface area contributed by atoms with Gasteiger partial charge in [-0.3, -0.25) is 0 Å². The van der Waals surface area contributed by atoms with E-state index in [1.165, 1.54) is 0 Å². The molecule has 0 spiro atoms. The number of ether oxygens (including phenoxy) is 2. The van der Waals surface area contributed by atoms with Crippen molar-refractivity contribution in [3.63, 3.8) is 0 Å². The van der Waals surface area contributed by atoms with Crippen molar-refractivity contribution in [3.8, 4) is 57.4 Å². The van der Waals surface area contributed by atoms with Crippen molar-refractivity contribution < 1.29 is 9.47 Å². The van der Waals surface area contributed by atoms with Gasteiger partial charge >= 0.3 is 0 Å². The molecule has 9 rings (SSSR count). The topological polar surface area (TPSA) is 72.5 Å². The largest absolute Gasteiger partial charge is 0.453 e. The van der Waals surface area contributed by atoms with Gasteiger partial charge in [-0.2, -0.15) is 10.5 Å². The number of nitriles is 2. The smallest absolute Gasteiger partial charge is 0.151 e. The highest BCUT2D eigenvalue weighted by Crippen LogP contribution is 2.59. The predicted octanol–water partition coefficient (Wildman–Crippen LogP) is 13.8. The average Bonchev–Trinajstić information content (AvgIpc) is 3.19. The zero-order valence-electron chi connectivity index (χ0n) is 32.2. The van der Waals surface area contributed by atoms with E-state index < -0.39 is 0 Å². The third-order valence-electron chi connectivity index (χ3n) is 10.8. The number of benzene rings is 7. The monoisotopic (exact) mass is 726 g/mol. The molecular weight excluding hydrogens is 689 g/mol. The number of hydrogen-bond acceptors (Lipinski definition) is 6. The van der Waals surface area contributed by atoms with E-state index in [0.29, 0.717) is 11.1 Å². The third-order valence-corrected chi connectivity index (χ3v) is 10.8.